The third kappa shape index (κ3) is 49.2. The largest absolute Gasteiger partial charge is 0.481 e. The van der Waals surface area contributed by atoms with Gasteiger partial charge in [-0.3, -0.25) is 43.2 Å². The van der Waals surface area contributed by atoms with Crippen LogP contribution in [0, 0.1) is 63.1 Å². The molecule has 0 spiro atoms. The van der Waals surface area contributed by atoms with Gasteiger partial charge in [0.05, 0.1) is 72.1 Å². The summed E-state index contributed by atoms with van der Waals surface area (Å²) in [6, 6.07) is 0. The lowest BCUT2D eigenvalue weighted by atomic mass is 9.76. The van der Waals surface area contributed by atoms with Crippen LogP contribution in [-0.2, 0) is 71.6 Å². The molecule has 0 amide bonds. The van der Waals surface area contributed by atoms with Gasteiger partial charge in [-0.1, -0.05) is 232 Å². The summed E-state index contributed by atoms with van der Waals surface area (Å²) in [6.07, 6.45) is 33.8. The van der Waals surface area contributed by atoms with Gasteiger partial charge >= 0.3 is 53.7 Å². The summed E-state index contributed by atoms with van der Waals surface area (Å²) in [4.78, 5) is 109. The maximum Gasteiger partial charge on any atom is 0.312 e. The first-order chi connectivity index (χ1) is 50.9. The summed E-state index contributed by atoms with van der Waals surface area (Å²) in [5.41, 5.74) is -2.60. The summed E-state index contributed by atoms with van der Waals surface area (Å²) >= 11 is 0. The average Bonchev–Trinajstić information content (AvgIpc) is 0.849. The van der Waals surface area contributed by atoms with E-state index in [4.69, 9.17) is 59.1 Å². The smallest absolute Gasteiger partial charge is 0.312 e. The van der Waals surface area contributed by atoms with Crippen molar-refractivity contribution >= 4 is 53.7 Å². The number of esters is 6. The lowest BCUT2D eigenvalue weighted by Crippen LogP contribution is -2.45. The molecule has 0 saturated heterocycles. The highest BCUT2D eigenvalue weighted by molar-refractivity contribution is 5.78. The Kier molecular flexibility index (Phi) is 67.8. The van der Waals surface area contributed by atoms with Crippen molar-refractivity contribution in [2.45, 2.75) is 381 Å². The van der Waals surface area contributed by atoms with Crippen LogP contribution in [0.3, 0.4) is 0 Å². The topological polar surface area (TPSA) is 330 Å². The van der Waals surface area contributed by atoms with E-state index in [1.54, 1.807) is 6.92 Å². The number of carbonyl (C=O) groups is 9. The normalized spacial score (nSPS) is 14.1. The van der Waals surface area contributed by atoms with E-state index in [9.17, 15) is 43.2 Å². The first-order valence-electron chi connectivity index (χ1n) is 42.4. The zero-order chi connectivity index (χ0) is 82.3. The van der Waals surface area contributed by atoms with Crippen LogP contribution in [0.4, 0.5) is 0 Å². The third-order valence-electron chi connectivity index (χ3n) is 20.8. The zero-order valence-corrected chi connectivity index (χ0v) is 71.2. The van der Waals surface area contributed by atoms with Gasteiger partial charge in [-0.15, -0.1) is 0 Å². The summed E-state index contributed by atoms with van der Waals surface area (Å²) in [5, 5.41) is 51.9. The van der Waals surface area contributed by atoms with E-state index in [2.05, 4.69) is 0 Å². The van der Waals surface area contributed by atoms with Crippen LogP contribution in [0.1, 0.15) is 375 Å². The first-order valence-corrected chi connectivity index (χ1v) is 42.4. The molecule has 0 radical (unpaired) electrons. The molecule has 21 nitrogen and oxygen atoms in total. The number of aliphatic hydroxyl groups is 3. The van der Waals surface area contributed by atoms with E-state index in [1.165, 1.54) is 12.8 Å². The minimum absolute atomic E-state index is 0.102. The van der Waals surface area contributed by atoms with Crippen LogP contribution in [0.5, 0.6) is 0 Å². The van der Waals surface area contributed by atoms with Gasteiger partial charge in [0.2, 0.25) is 0 Å². The summed E-state index contributed by atoms with van der Waals surface area (Å²) in [7, 11) is 0. The molecule has 1 atom stereocenters. The predicted octanol–water partition coefficient (Wildman–Crippen LogP) is 19.6. The molecule has 2 rings (SSSR count). The molecule has 21 heteroatoms. The molecule has 2 fully saturated rings. The monoisotopic (exact) mass is 1530 g/mol. The van der Waals surface area contributed by atoms with Crippen LogP contribution in [0.15, 0.2) is 0 Å². The molecule has 0 aliphatic heterocycles. The lowest BCUT2D eigenvalue weighted by Gasteiger charge is -2.33. The van der Waals surface area contributed by atoms with Crippen molar-refractivity contribution in [3.63, 3.8) is 0 Å². The molecule has 0 aromatic heterocycles. The fraction of sp³-hybridized carbons (Fsp3) is 0.895. The third-order valence-corrected chi connectivity index (χ3v) is 20.8. The van der Waals surface area contributed by atoms with Gasteiger partial charge in [-0.25, -0.2) is 0 Å². The SMILES string of the molecule is CC(COC(=O)C1(C)CCCCC1)OC(=O)C1(C)CCCCC1.CCC(CO)(CO)CO.CCCC(CCC)C(=O)O.CCCC(CCC)C(=O)O.CCCC(CCC)C(=O)O.CCCC(CCC)C(=O)OCC(COC(=O)C(CCC)CCC)(COC(=O)C(CCC)CCC)COC(=O)C(CCC)CCC. The van der Waals surface area contributed by atoms with Crippen molar-refractivity contribution in [3.8, 4) is 0 Å². The molecule has 6 N–H and O–H groups in total. The second kappa shape index (κ2) is 66.9. The highest BCUT2D eigenvalue weighted by Gasteiger charge is 2.42. The Bertz CT molecular complexity index is 2020. The molecule has 107 heavy (non-hydrogen) atoms. The van der Waals surface area contributed by atoms with Crippen molar-refractivity contribution in [1.29, 1.82) is 0 Å². The van der Waals surface area contributed by atoms with Gasteiger partial charge in [0, 0.05) is 5.41 Å². The van der Waals surface area contributed by atoms with E-state index < -0.39 is 28.7 Å². The Hall–Kier alpha value is -4.89. The number of hydrogen-bond acceptors (Lipinski definition) is 18. The number of carboxylic acid groups (broad SMARTS) is 3. The Morgan fingerprint density at radius 3 is 0.692 bits per heavy atom. The van der Waals surface area contributed by atoms with Gasteiger partial charge in [0.1, 0.15) is 44.6 Å². The number of ether oxygens (including phenoxy) is 6. The minimum Gasteiger partial charge on any atom is -0.481 e. The number of aliphatic hydroxyl groups excluding tert-OH is 3. The van der Waals surface area contributed by atoms with Crippen molar-refractivity contribution in [3.05, 3.63) is 0 Å². The second-order valence-corrected chi connectivity index (χ2v) is 31.3. The van der Waals surface area contributed by atoms with Crippen molar-refractivity contribution in [1.82, 2.24) is 0 Å². The molecular formula is C86H162O21. The number of hydrogen-bond donors (Lipinski definition) is 6. The van der Waals surface area contributed by atoms with E-state index in [1.807, 2.05) is 118 Å². The van der Waals surface area contributed by atoms with Crippen LogP contribution >= 0.6 is 0 Å². The summed E-state index contributed by atoms with van der Waals surface area (Å²) < 4.78 is 34.7. The Morgan fingerprint density at radius 2 is 0.514 bits per heavy atom. The van der Waals surface area contributed by atoms with Gasteiger partial charge < -0.3 is 59.1 Å². The molecule has 2 aliphatic carbocycles. The lowest BCUT2D eigenvalue weighted by molar-refractivity contribution is -0.177. The Morgan fingerprint density at radius 1 is 0.308 bits per heavy atom. The molecular weight excluding hydrogens is 1370 g/mol. The fourth-order valence-corrected chi connectivity index (χ4v) is 13.5. The van der Waals surface area contributed by atoms with Crippen molar-refractivity contribution in [2.75, 3.05) is 52.9 Å². The number of carboxylic acids is 3. The van der Waals surface area contributed by atoms with E-state index in [-0.39, 0.29) is 147 Å². The molecule has 1 unspecified atom stereocenters. The molecule has 2 saturated carbocycles. The summed E-state index contributed by atoms with van der Waals surface area (Å²) in [5.74, 6) is -4.79. The van der Waals surface area contributed by atoms with Gasteiger partial charge in [0.25, 0.3) is 0 Å². The Labute approximate surface area is 650 Å². The molecule has 0 aromatic carbocycles. The standard InChI is InChI=1S/C37H68O8.C19H32O4.3C8H16O2.C6H14O3/c1-9-17-29(18-10-2)33(38)42-25-37(26-43-34(39)30(19-11-3)20-12-4,27-44-35(40)31(21-13-5)22-14-6)28-45-36(41)32(23-15-7)24-16-8;1-15(23-17(21)19(3)12-8-5-9-13-19)14-22-16(20)18(2)10-6-4-7-11-18;3*1-3-5-7(6-4-2)8(9)10;1-2-6(3-7,4-8)5-9/h29-32H,9-28H2,1-8H3;15H,4-14H2,1-3H3;3*7H,3-6H2,1-2H3,(H,9,10);7-9H,2-5H2,1H3. The highest BCUT2D eigenvalue weighted by Crippen LogP contribution is 2.39. The van der Waals surface area contributed by atoms with Gasteiger partial charge in [0.15, 0.2) is 0 Å². The fourth-order valence-electron chi connectivity index (χ4n) is 13.5. The molecule has 0 bridgehead atoms. The van der Waals surface area contributed by atoms with Crippen LogP contribution < -0.4 is 0 Å². The van der Waals surface area contributed by atoms with Gasteiger partial charge in [-0.2, -0.15) is 0 Å². The number of carbonyl (C=O) groups excluding carboxylic acids is 6. The quantitative estimate of drug-likeness (QED) is 0.0243. The van der Waals surface area contributed by atoms with E-state index in [0.717, 1.165) is 180 Å². The van der Waals surface area contributed by atoms with E-state index in [0.29, 0.717) is 57.8 Å². The minimum atomic E-state index is -1.23. The molecule has 0 aromatic rings. The highest BCUT2D eigenvalue weighted by atomic mass is 16.6. The van der Waals surface area contributed by atoms with Crippen LogP contribution in [0.2, 0.25) is 0 Å². The number of aliphatic carboxylic acids is 3. The van der Waals surface area contributed by atoms with Crippen LogP contribution in [0.25, 0.3) is 0 Å². The second-order valence-electron chi connectivity index (χ2n) is 31.3. The zero-order valence-electron chi connectivity index (χ0n) is 71.2. The first kappa shape index (κ1) is 108. The van der Waals surface area contributed by atoms with Gasteiger partial charge in [-0.05, 0) is 143 Å². The van der Waals surface area contributed by atoms with Crippen molar-refractivity contribution in [2.24, 2.45) is 63.1 Å². The van der Waals surface area contributed by atoms with Crippen molar-refractivity contribution < 1.29 is 102 Å². The average molecular weight is 1530 g/mol. The molecule has 0 heterocycles. The Balaban J connectivity index is -0.000000698. The maximum atomic E-state index is 13.3. The molecule has 2 aliphatic rings. The summed E-state index contributed by atoms with van der Waals surface area (Å²) in [6.45, 7) is 35.0. The number of rotatable bonds is 52. The maximum absolute atomic E-state index is 13.3. The molecule has 632 valence electrons. The van der Waals surface area contributed by atoms with Crippen LogP contribution in [-0.4, -0.2) is 143 Å². The van der Waals surface area contributed by atoms with E-state index >= 15 is 0 Å². The predicted molar refractivity (Wildman–Crippen MR) is 425 cm³/mol.